The van der Waals surface area contributed by atoms with E-state index >= 15 is 0 Å². The zero-order valence-corrected chi connectivity index (χ0v) is 17.6. The molecule has 2 fully saturated rings. The highest BCUT2D eigenvalue weighted by atomic mass is 16.5. The summed E-state index contributed by atoms with van der Waals surface area (Å²) in [5.74, 6) is 0.996. The standard InChI is InChI=1S/C23H31N3O3/c1-15(2)26-20(23(22(26)28)10-5-4-6-11-23)21(27)24-12-9-16-14-25-19-8-7-17(29-3)13-18(16)19/h7-8,13-15,20,25H,4-6,9-12H2,1-3H3,(H,24,27). The minimum Gasteiger partial charge on any atom is -0.497 e. The molecule has 2 N–H and O–H groups in total. The number of hydrogen-bond acceptors (Lipinski definition) is 3. The van der Waals surface area contributed by atoms with Crippen LogP contribution in [0.3, 0.4) is 0 Å². The third kappa shape index (κ3) is 3.28. The number of methoxy groups -OCH3 is 1. The predicted octanol–water partition coefficient (Wildman–Crippen LogP) is 3.40. The molecule has 2 aliphatic rings. The second-order valence-electron chi connectivity index (χ2n) is 8.69. The van der Waals surface area contributed by atoms with Gasteiger partial charge in [0.25, 0.3) is 0 Å². The Labute approximate surface area is 172 Å². The van der Waals surface area contributed by atoms with Crippen LogP contribution in [0, 0.1) is 5.41 Å². The zero-order valence-electron chi connectivity index (χ0n) is 17.6. The maximum atomic E-state index is 13.1. The second-order valence-corrected chi connectivity index (χ2v) is 8.69. The number of amides is 2. The number of carbonyl (C=O) groups is 2. The van der Waals surface area contributed by atoms with Crippen molar-refractivity contribution in [1.29, 1.82) is 0 Å². The second kappa shape index (κ2) is 7.73. The molecular formula is C23H31N3O3. The lowest BCUT2D eigenvalue weighted by atomic mass is 9.61. The molecule has 1 aliphatic carbocycles. The fraction of sp³-hybridized carbons (Fsp3) is 0.565. The Morgan fingerprint density at radius 2 is 2.07 bits per heavy atom. The highest BCUT2D eigenvalue weighted by Crippen LogP contribution is 2.51. The van der Waals surface area contributed by atoms with Gasteiger partial charge in [-0.1, -0.05) is 19.3 Å². The van der Waals surface area contributed by atoms with Gasteiger partial charge in [-0.2, -0.15) is 0 Å². The highest BCUT2D eigenvalue weighted by Gasteiger charge is 2.63. The van der Waals surface area contributed by atoms with Crippen LogP contribution in [-0.2, 0) is 16.0 Å². The van der Waals surface area contributed by atoms with Crippen molar-refractivity contribution in [2.45, 2.75) is 64.5 Å². The average Bonchev–Trinajstić information content (AvgIpc) is 3.13. The summed E-state index contributed by atoms with van der Waals surface area (Å²) in [5, 5.41) is 4.23. The van der Waals surface area contributed by atoms with E-state index in [4.69, 9.17) is 4.74 Å². The number of nitrogens with zero attached hydrogens (tertiary/aromatic N) is 1. The summed E-state index contributed by atoms with van der Waals surface area (Å²) >= 11 is 0. The molecule has 29 heavy (non-hydrogen) atoms. The number of hydrogen-bond donors (Lipinski definition) is 2. The minimum absolute atomic E-state index is 0.00220. The molecule has 1 saturated heterocycles. The predicted molar refractivity (Wildman–Crippen MR) is 113 cm³/mol. The van der Waals surface area contributed by atoms with E-state index in [1.807, 2.05) is 38.2 Å². The van der Waals surface area contributed by atoms with Crippen molar-refractivity contribution < 1.29 is 14.3 Å². The highest BCUT2D eigenvalue weighted by molar-refractivity contribution is 6.02. The number of H-pyrrole nitrogens is 1. The molecule has 2 aromatic rings. The molecule has 1 aliphatic heterocycles. The van der Waals surface area contributed by atoms with Crippen LogP contribution in [0.1, 0.15) is 51.5 Å². The molecule has 1 unspecified atom stereocenters. The third-order valence-electron chi connectivity index (χ3n) is 6.68. The lowest BCUT2D eigenvalue weighted by Crippen LogP contribution is -2.75. The third-order valence-corrected chi connectivity index (χ3v) is 6.68. The largest absolute Gasteiger partial charge is 0.497 e. The number of carbonyl (C=O) groups excluding carboxylic acids is 2. The van der Waals surface area contributed by atoms with E-state index in [-0.39, 0.29) is 23.9 Å². The topological polar surface area (TPSA) is 74.4 Å². The molecule has 2 amide bonds. The van der Waals surface area contributed by atoms with Crippen molar-refractivity contribution in [3.8, 4) is 5.75 Å². The molecule has 156 valence electrons. The van der Waals surface area contributed by atoms with Crippen LogP contribution < -0.4 is 10.1 Å². The van der Waals surface area contributed by atoms with Gasteiger partial charge in [0.15, 0.2) is 0 Å². The number of nitrogens with one attached hydrogen (secondary N) is 2. The van der Waals surface area contributed by atoms with Gasteiger partial charge in [0.05, 0.1) is 12.5 Å². The lowest BCUT2D eigenvalue weighted by Gasteiger charge is -2.58. The van der Waals surface area contributed by atoms with Crippen LogP contribution in [0.15, 0.2) is 24.4 Å². The summed E-state index contributed by atoms with van der Waals surface area (Å²) in [6.45, 7) is 4.54. The zero-order chi connectivity index (χ0) is 20.6. The van der Waals surface area contributed by atoms with Gasteiger partial charge < -0.3 is 19.9 Å². The fourth-order valence-corrected chi connectivity index (χ4v) is 5.18. The average molecular weight is 398 g/mol. The van der Waals surface area contributed by atoms with Crippen LogP contribution in [0.2, 0.25) is 0 Å². The first-order valence-electron chi connectivity index (χ1n) is 10.7. The summed E-state index contributed by atoms with van der Waals surface area (Å²) in [6, 6.07) is 5.68. The molecule has 6 nitrogen and oxygen atoms in total. The van der Waals surface area contributed by atoms with Crippen LogP contribution in [-0.4, -0.2) is 47.4 Å². The first-order valence-corrected chi connectivity index (χ1v) is 10.7. The van der Waals surface area contributed by atoms with Gasteiger partial charge in [-0.15, -0.1) is 0 Å². The van der Waals surface area contributed by atoms with E-state index in [2.05, 4.69) is 10.3 Å². The molecule has 1 aromatic carbocycles. The van der Waals surface area contributed by atoms with Crippen molar-refractivity contribution >= 4 is 22.7 Å². The Bertz CT molecular complexity index is 911. The van der Waals surface area contributed by atoms with Gasteiger partial charge >= 0.3 is 0 Å². The number of aromatic nitrogens is 1. The van der Waals surface area contributed by atoms with Crippen molar-refractivity contribution in [2.24, 2.45) is 5.41 Å². The summed E-state index contributed by atoms with van der Waals surface area (Å²) < 4.78 is 5.33. The molecule has 6 heteroatoms. The first-order chi connectivity index (χ1) is 14.0. The Morgan fingerprint density at radius 1 is 1.31 bits per heavy atom. The number of benzene rings is 1. The summed E-state index contributed by atoms with van der Waals surface area (Å²) in [5.41, 5.74) is 1.75. The molecular weight excluding hydrogens is 366 g/mol. The number of rotatable bonds is 6. The van der Waals surface area contributed by atoms with E-state index in [9.17, 15) is 9.59 Å². The van der Waals surface area contributed by atoms with E-state index in [1.54, 1.807) is 12.0 Å². The number of fused-ring (bicyclic) bond motifs is 1. The molecule has 4 rings (SSSR count). The Morgan fingerprint density at radius 3 is 2.76 bits per heavy atom. The van der Waals surface area contributed by atoms with E-state index in [0.29, 0.717) is 6.54 Å². The van der Waals surface area contributed by atoms with Crippen molar-refractivity contribution in [3.63, 3.8) is 0 Å². The molecule has 1 saturated carbocycles. The van der Waals surface area contributed by atoms with Gasteiger partial charge in [-0.25, -0.2) is 0 Å². The van der Waals surface area contributed by atoms with E-state index in [0.717, 1.165) is 60.7 Å². The summed E-state index contributed by atoms with van der Waals surface area (Å²) in [6.07, 6.45) is 7.65. The molecule has 1 spiro atoms. The van der Waals surface area contributed by atoms with Crippen LogP contribution in [0.5, 0.6) is 5.75 Å². The molecule has 1 atom stereocenters. The Kier molecular flexibility index (Phi) is 5.28. The minimum atomic E-state index is -0.458. The Hall–Kier alpha value is -2.50. The van der Waals surface area contributed by atoms with Gasteiger partial charge in [0, 0.05) is 29.7 Å². The van der Waals surface area contributed by atoms with Gasteiger partial charge in [-0.3, -0.25) is 9.59 Å². The summed E-state index contributed by atoms with van der Waals surface area (Å²) in [7, 11) is 1.66. The van der Waals surface area contributed by atoms with Crippen molar-refractivity contribution in [2.75, 3.05) is 13.7 Å². The SMILES string of the molecule is COc1ccc2[nH]cc(CCNC(=O)C3N(C(C)C)C(=O)C34CCCCC4)c2c1. The molecule has 0 radical (unpaired) electrons. The van der Waals surface area contributed by atoms with Gasteiger partial charge in [-0.05, 0) is 56.9 Å². The maximum absolute atomic E-state index is 13.1. The van der Waals surface area contributed by atoms with Crippen LogP contribution in [0.4, 0.5) is 0 Å². The first kappa shape index (κ1) is 19.8. The maximum Gasteiger partial charge on any atom is 0.243 e. The molecule has 1 aromatic heterocycles. The molecule has 0 bridgehead atoms. The van der Waals surface area contributed by atoms with Crippen molar-refractivity contribution in [1.82, 2.24) is 15.2 Å². The van der Waals surface area contributed by atoms with Gasteiger partial charge in [0.2, 0.25) is 11.8 Å². The normalized spacial score (nSPS) is 20.9. The fourth-order valence-electron chi connectivity index (χ4n) is 5.18. The van der Waals surface area contributed by atoms with Crippen molar-refractivity contribution in [3.05, 3.63) is 30.0 Å². The van der Waals surface area contributed by atoms with E-state index < -0.39 is 5.41 Å². The van der Waals surface area contributed by atoms with Crippen LogP contribution >= 0.6 is 0 Å². The number of likely N-dealkylation sites (tertiary alicyclic amines) is 1. The smallest absolute Gasteiger partial charge is 0.243 e. The number of aromatic amines is 1. The Balaban J connectivity index is 1.44. The number of β-lactam (4-membered cyclic amide) rings is 1. The van der Waals surface area contributed by atoms with Gasteiger partial charge in [0.1, 0.15) is 11.8 Å². The van der Waals surface area contributed by atoms with E-state index in [1.165, 1.54) is 0 Å². The monoisotopic (exact) mass is 397 g/mol. The van der Waals surface area contributed by atoms with Crippen LogP contribution in [0.25, 0.3) is 10.9 Å². The number of ether oxygens (including phenoxy) is 1. The summed E-state index contributed by atoms with van der Waals surface area (Å²) in [4.78, 5) is 31.1. The quantitative estimate of drug-likeness (QED) is 0.734. The molecule has 2 heterocycles. The lowest BCUT2D eigenvalue weighted by molar-refractivity contribution is -0.185.